The van der Waals surface area contributed by atoms with Gasteiger partial charge in [0, 0.05) is 48.2 Å². The van der Waals surface area contributed by atoms with Crippen molar-refractivity contribution in [3.8, 4) is 11.4 Å². The van der Waals surface area contributed by atoms with E-state index in [2.05, 4.69) is 57.8 Å². The van der Waals surface area contributed by atoms with Crippen LogP contribution in [-0.4, -0.2) is 40.5 Å². The van der Waals surface area contributed by atoms with Crippen LogP contribution in [0.5, 0.6) is 0 Å². The minimum atomic E-state index is -0.402. The Labute approximate surface area is 204 Å². The summed E-state index contributed by atoms with van der Waals surface area (Å²) in [6.07, 6.45) is 6.06. The molecule has 0 atom stereocenters. The zero-order chi connectivity index (χ0) is 24.1. The Bertz CT molecular complexity index is 1380. The molecular weight excluding hydrogens is 444 g/mol. The largest absolute Gasteiger partial charge is 0.422 e. The van der Waals surface area contributed by atoms with E-state index in [0.29, 0.717) is 17.0 Å². The Morgan fingerprint density at radius 2 is 1.94 bits per heavy atom. The number of hydrogen-bond acceptors (Lipinski definition) is 6. The van der Waals surface area contributed by atoms with Crippen LogP contribution >= 0.6 is 11.9 Å². The van der Waals surface area contributed by atoms with Gasteiger partial charge in [0.05, 0.1) is 11.0 Å². The van der Waals surface area contributed by atoms with Crippen LogP contribution in [0.15, 0.2) is 81.4 Å². The lowest BCUT2D eigenvalue weighted by atomic mass is 10.1. The van der Waals surface area contributed by atoms with Crippen molar-refractivity contribution in [3.63, 3.8) is 0 Å². The Balaban J connectivity index is 1.65. The molecule has 0 saturated heterocycles. The lowest BCUT2D eigenvalue weighted by molar-refractivity contribution is 0.563. The van der Waals surface area contributed by atoms with Crippen molar-refractivity contribution in [2.45, 2.75) is 25.7 Å². The summed E-state index contributed by atoms with van der Waals surface area (Å²) in [5.74, 6) is 0.512. The summed E-state index contributed by atoms with van der Waals surface area (Å²) in [6.45, 7) is 13.5. The average molecular weight is 475 g/mol. The molecule has 0 aliphatic heterocycles. The number of benzene rings is 2. The fourth-order valence-electron chi connectivity index (χ4n) is 3.89. The molecular formula is C27H30N4O2S. The van der Waals surface area contributed by atoms with E-state index >= 15 is 0 Å². The third kappa shape index (κ3) is 5.11. The second kappa shape index (κ2) is 10.8. The number of allylic oxidation sites excluding steroid dienone is 1. The highest BCUT2D eigenvalue weighted by atomic mass is 32.2. The van der Waals surface area contributed by atoms with E-state index in [1.54, 1.807) is 11.9 Å². The Hall–Kier alpha value is -3.29. The van der Waals surface area contributed by atoms with E-state index in [1.165, 1.54) is 0 Å². The maximum absolute atomic E-state index is 12.8. The van der Waals surface area contributed by atoms with Crippen molar-refractivity contribution >= 4 is 39.6 Å². The molecule has 4 aromatic rings. The summed E-state index contributed by atoms with van der Waals surface area (Å²) in [7, 11) is 0. The molecule has 2 aromatic carbocycles. The molecule has 7 heteroatoms. The van der Waals surface area contributed by atoms with Gasteiger partial charge in [-0.2, -0.15) is 0 Å². The van der Waals surface area contributed by atoms with Crippen molar-refractivity contribution in [3.05, 3.63) is 77.7 Å². The van der Waals surface area contributed by atoms with Crippen LogP contribution in [0.2, 0.25) is 0 Å². The number of rotatable bonds is 10. The quantitative estimate of drug-likeness (QED) is 0.166. The minimum Gasteiger partial charge on any atom is -0.422 e. The molecule has 0 unspecified atom stereocenters. The molecule has 4 rings (SSSR count). The number of nitrogens with zero attached hydrogens (tertiary/aromatic N) is 3. The van der Waals surface area contributed by atoms with Crippen LogP contribution in [0.25, 0.3) is 33.4 Å². The number of aromatic amines is 1. The van der Waals surface area contributed by atoms with Gasteiger partial charge < -0.3 is 14.3 Å². The molecule has 0 bridgehead atoms. The number of aromatic nitrogens is 2. The second-order valence-electron chi connectivity index (χ2n) is 7.90. The number of H-pyrrole nitrogens is 1. The standard InChI is InChI=1S/C27H30N4O2S/c1-5-9-15-31(14-6-2)34-21-12-13-23-24(18-21)29-26(28-23)22-16-19-10-11-20(30(7-3)8-4)17-25(19)33-27(22)32/h5-6,9-13,16-18H,2,7-8,14-15H2,1,3-4H3,(H,28,29)/b9-5-. The summed E-state index contributed by atoms with van der Waals surface area (Å²) in [4.78, 5) is 24.1. The maximum atomic E-state index is 12.8. The van der Waals surface area contributed by atoms with Crippen LogP contribution in [0.1, 0.15) is 20.8 Å². The summed E-state index contributed by atoms with van der Waals surface area (Å²) in [5.41, 5.74) is 3.33. The smallest absolute Gasteiger partial charge is 0.347 e. The zero-order valence-electron chi connectivity index (χ0n) is 19.9. The third-order valence-electron chi connectivity index (χ3n) is 5.67. The van der Waals surface area contributed by atoms with Crippen LogP contribution in [-0.2, 0) is 0 Å². The summed E-state index contributed by atoms with van der Waals surface area (Å²) < 4.78 is 7.91. The molecule has 2 heterocycles. The molecule has 0 aliphatic rings. The van der Waals surface area contributed by atoms with Gasteiger partial charge in [-0.15, -0.1) is 6.58 Å². The van der Waals surface area contributed by atoms with Gasteiger partial charge >= 0.3 is 5.63 Å². The third-order valence-corrected chi connectivity index (χ3v) is 6.69. The molecule has 0 aliphatic carbocycles. The monoisotopic (exact) mass is 474 g/mol. The highest BCUT2D eigenvalue weighted by molar-refractivity contribution is 7.97. The molecule has 176 valence electrons. The van der Waals surface area contributed by atoms with Gasteiger partial charge in [0.2, 0.25) is 0 Å². The lowest BCUT2D eigenvalue weighted by Gasteiger charge is -2.20. The predicted molar refractivity (Wildman–Crippen MR) is 144 cm³/mol. The summed E-state index contributed by atoms with van der Waals surface area (Å²) in [6, 6.07) is 13.9. The normalized spacial score (nSPS) is 11.8. The lowest BCUT2D eigenvalue weighted by Crippen LogP contribution is -2.21. The molecule has 6 nitrogen and oxygen atoms in total. The first kappa shape index (κ1) is 23.9. The number of nitrogens with one attached hydrogen (secondary N) is 1. The van der Waals surface area contributed by atoms with E-state index in [0.717, 1.165) is 53.2 Å². The van der Waals surface area contributed by atoms with Crippen LogP contribution in [0, 0.1) is 0 Å². The van der Waals surface area contributed by atoms with Crippen molar-refractivity contribution in [1.29, 1.82) is 0 Å². The van der Waals surface area contributed by atoms with Gasteiger partial charge in [0.1, 0.15) is 17.0 Å². The number of hydrogen-bond donors (Lipinski definition) is 1. The summed E-state index contributed by atoms with van der Waals surface area (Å²) in [5, 5.41) is 0.867. The van der Waals surface area contributed by atoms with Crippen molar-refractivity contribution < 1.29 is 4.42 Å². The van der Waals surface area contributed by atoms with Gasteiger partial charge in [-0.1, -0.05) is 18.2 Å². The Morgan fingerprint density at radius 1 is 1.12 bits per heavy atom. The SMILES string of the molecule is C=CCN(C/C=C\C)Sc1ccc2nc(-c3cc4ccc(N(CC)CC)cc4oc3=O)[nH]c2c1. The van der Waals surface area contributed by atoms with Crippen molar-refractivity contribution in [1.82, 2.24) is 14.3 Å². The van der Waals surface area contributed by atoms with Crippen molar-refractivity contribution in [2.75, 3.05) is 31.1 Å². The van der Waals surface area contributed by atoms with Gasteiger partial charge in [-0.25, -0.2) is 14.1 Å². The van der Waals surface area contributed by atoms with Crippen LogP contribution < -0.4 is 10.5 Å². The van der Waals surface area contributed by atoms with Gasteiger partial charge in [-0.3, -0.25) is 0 Å². The van der Waals surface area contributed by atoms with Crippen LogP contribution in [0.4, 0.5) is 5.69 Å². The van der Waals surface area contributed by atoms with E-state index in [4.69, 9.17) is 4.42 Å². The van der Waals surface area contributed by atoms with Crippen molar-refractivity contribution in [2.24, 2.45) is 0 Å². The van der Waals surface area contributed by atoms with Gasteiger partial charge in [0.25, 0.3) is 0 Å². The van der Waals surface area contributed by atoms with E-state index < -0.39 is 5.63 Å². The zero-order valence-corrected chi connectivity index (χ0v) is 20.7. The highest BCUT2D eigenvalue weighted by Gasteiger charge is 2.14. The highest BCUT2D eigenvalue weighted by Crippen LogP contribution is 2.28. The fourth-order valence-corrected chi connectivity index (χ4v) is 4.83. The van der Waals surface area contributed by atoms with Crippen LogP contribution in [0.3, 0.4) is 0 Å². The number of imidazole rings is 1. The summed E-state index contributed by atoms with van der Waals surface area (Å²) >= 11 is 1.66. The maximum Gasteiger partial charge on any atom is 0.347 e. The molecule has 34 heavy (non-hydrogen) atoms. The molecule has 2 aromatic heterocycles. The number of fused-ring (bicyclic) bond motifs is 2. The Morgan fingerprint density at radius 3 is 2.68 bits per heavy atom. The molecule has 0 spiro atoms. The Kier molecular flexibility index (Phi) is 7.55. The first-order valence-electron chi connectivity index (χ1n) is 11.5. The van der Waals surface area contributed by atoms with Gasteiger partial charge in [0.15, 0.2) is 0 Å². The van der Waals surface area contributed by atoms with E-state index in [9.17, 15) is 4.79 Å². The molecule has 0 radical (unpaired) electrons. The molecule has 0 amide bonds. The van der Waals surface area contributed by atoms with E-state index in [1.807, 2.05) is 49.4 Å². The second-order valence-corrected chi connectivity index (χ2v) is 9.07. The first-order valence-corrected chi connectivity index (χ1v) is 12.3. The minimum absolute atomic E-state index is 0.402. The first-order chi connectivity index (χ1) is 16.6. The van der Waals surface area contributed by atoms with E-state index in [-0.39, 0.29) is 0 Å². The molecule has 1 N–H and O–H groups in total. The molecule has 0 fully saturated rings. The fraction of sp³-hybridized carbons (Fsp3) is 0.259. The predicted octanol–water partition coefficient (Wildman–Crippen LogP) is 6.25. The topological polar surface area (TPSA) is 65.4 Å². The number of anilines is 1. The average Bonchev–Trinajstić information content (AvgIpc) is 3.26. The van der Waals surface area contributed by atoms with Gasteiger partial charge in [-0.05, 0) is 69.1 Å². The molecule has 0 saturated carbocycles.